The summed E-state index contributed by atoms with van der Waals surface area (Å²) < 4.78 is 0. The first kappa shape index (κ1) is 13.1. The summed E-state index contributed by atoms with van der Waals surface area (Å²) >= 11 is 0. The smallest absolute Gasteiger partial charge is 0.255 e. The number of hydrogen-bond donors (Lipinski definition) is 3. The van der Waals surface area contributed by atoms with E-state index in [1.807, 2.05) is 31.3 Å². The van der Waals surface area contributed by atoms with Crippen LogP contribution in [-0.2, 0) is 6.54 Å². The van der Waals surface area contributed by atoms with Gasteiger partial charge in [-0.05, 0) is 42.9 Å². The number of nitrogens with one attached hydrogen (secondary N) is 2. The first-order chi connectivity index (χ1) is 9.19. The van der Waals surface area contributed by atoms with E-state index in [0.29, 0.717) is 5.56 Å². The van der Waals surface area contributed by atoms with Crippen LogP contribution in [0.2, 0.25) is 0 Å². The van der Waals surface area contributed by atoms with Gasteiger partial charge < -0.3 is 15.7 Å². The van der Waals surface area contributed by atoms with Crippen molar-refractivity contribution in [2.45, 2.75) is 6.54 Å². The van der Waals surface area contributed by atoms with Gasteiger partial charge in [-0.1, -0.05) is 18.2 Å². The molecule has 0 bridgehead atoms. The molecule has 0 saturated heterocycles. The maximum absolute atomic E-state index is 12.0. The Morgan fingerprint density at radius 3 is 2.68 bits per heavy atom. The van der Waals surface area contributed by atoms with E-state index in [1.165, 1.54) is 12.1 Å². The quantitative estimate of drug-likeness (QED) is 0.787. The number of hydrogen-bond acceptors (Lipinski definition) is 3. The standard InChI is InChI=1S/C15H16N2O2/c1-16-10-11-4-2-6-13(8-11)17-15(19)12-5-3-7-14(18)9-12/h2-9,16,18H,10H2,1H3,(H,17,19). The molecule has 1 amide bonds. The van der Waals surface area contributed by atoms with E-state index < -0.39 is 0 Å². The largest absolute Gasteiger partial charge is 0.508 e. The van der Waals surface area contributed by atoms with Crippen LogP contribution in [0, 0.1) is 0 Å². The number of rotatable bonds is 4. The summed E-state index contributed by atoms with van der Waals surface area (Å²) in [7, 11) is 1.87. The molecule has 2 aromatic rings. The highest BCUT2D eigenvalue weighted by Crippen LogP contribution is 2.15. The molecule has 0 saturated carbocycles. The van der Waals surface area contributed by atoms with Crippen LogP contribution >= 0.6 is 0 Å². The molecule has 2 aromatic carbocycles. The highest BCUT2D eigenvalue weighted by atomic mass is 16.3. The Balaban J connectivity index is 2.12. The number of benzene rings is 2. The summed E-state index contributed by atoms with van der Waals surface area (Å²) in [6.07, 6.45) is 0. The molecule has 3 N–H and O–H groups in total. The fourth-order valence-corrected chi connectivity index (χ4v) is 1.81. The molecule has 0 radical (unpaired) electrons. The zero-order valence-corrected chi connectivity index (χ0v) is 10.7. The molecule has 4 nitrogen and oxygen atoms in total. The van der Waals surface area contributed by atoms with E-state index in [1.54, 1.807) is 12.1 Å². The van der Waals surface area contributed by atoms with Gasteiger partial charge >= 0.3 is 0 Å². The van der Waals surface area contributed by atoms with Gasteiger partial charge in [0.15, 0.2) is 0 Å². The van der Waals surface area contributed by atoms with Crippen molar-refractivity contribution in [3.8, 4) is 5.75 Å². The number of amides is 1. The van der Waals surface area contributed by atoms with Crippen molar-refractivity contribution < 1.29 is 9.90 Å². The van der Waals surface area contributed by atoms with Crippen molar-refractivity contribution in [3.63, 3.8) is 0 Å². The SMILES string of the molecule is CNCc1cccc(NC(=O)c2cccc(O)c2)c1. The molecule has 0 spiro atoms. The summed E-state index contributed by atoms with van der Waals surface area (Å²) in [6.45, 7) is 0.746. The van der Waals surface area contributed by atoms with Gasteiger partial charge in [-0.3, -0.25) is 4.79 Å². The van der Waals surface area contributed by atoms with Crippen molar-refractivity contribution in [1.82, 2.24) is 5.32 Å². The molecule has 0 aliphatic rings. The predicted octanol–water partition coefficient (Wildman–Crippen LogP) is 2.36. The van der Waals surface area contributed by atoms with Crippen molar-refractivity contribution in [3.05, 3.63) is 59.7 Å². The minimum absolute atomic E-state index is 0.0802. The van der Waals surface area contributed by atoms with Gasteiger partial charge in [0.2, 0.25) is 0 Å². The van der Waals surface area contributed by atoms with Crippen LogP contribution in [0.25, 0.3) is 0 Å². The molecule has 0 heterocycles. The number of anilines is 1. The van der Waals surface area contributed by atoms with Crippen LogP contribution in [0.3, 0.4) is 0 Å². The second-order valence-electron chi connectivity index (χ2n) is 4.24. The van der Waals surface area contributed by atoms with Gasteiger partial charge in [0.25, 0.3) is 5.91 Å². The molecule has 2 rings (SSSR count). The first-order valence-corrected chi connectivity index (χ1v) is 6.03. The van der Waals surface area contributed by atoms with E-state index >= 15 is 0 Å². The fourth-order valence-electron chi connectivity index (χ4n) is 1.81. The molecule has 4 heteroatoms. The first-order valence-electron chi connectivity index (χ1n) is 6.03. The summed E-state index contributed by atoms with van der Waals surface area (Å²) in [4.78, 5) is 12.0. The molecule has 0 atom stereocenters. The highest BCUT2D eigenvalue weighted by Gasteiger charge is 2.06. The molecule has 0 aliphatic carbocycles. The van der Waals surface area contributed by atoms with Crippen LogP contribution in [0.4, 0.5) is 5.69 Å². The average molecular weight is 256 g/mol. The Morgan fingerprint density at radius 2 is 1.95 bits per heavy atom. The van der Waals surface area contributed by atoms with Gasteiger partial charge in [-0.15, -0.1) is 0 Å². The van der Waals surface area contributed by atoms with Crippen LogP contribution in [0.15, 0.2) is 48.5 Å². The number of phenolic OH excluding ortho intramolecular Hbond substituents is 1. The van der Waals surface area contributed by atoms with Crippen molar-refractivity contribution >= 4 is 11.6 Å². The lowest BCUT2D eigenvalue weighted by Gasteiger charge is -2.07. The topological polar surface area (TPSA) is 61.4 Å². The Labute approximate surface area is 112 Å². The Hall–Kier alpha value is -2.33. The summed E-state index contributed by atoms with van der Waals surface area (Å²) in [5.74, 6) is -0.158. The van der Waals surface area contributed by atoms with Crippen LogP contribution in [0.5, 0.6) is 5.75 Å². The number of aromatic hydroxyl groups is 1. The minimum Gasteiger partial charge on any atom is -0.508 e. The van der Waals surface area contributed by atoms with E-state index in [4.69, 9.17) is 0 Å². The lowest BCUT2D eigenvalue weighted by Crippen LogP contribution is -2.12. The maximum atomic E-state index is 12.0. The van der Waals surface area contributed by atoms with Gasteiger partial charge in [0.1, 0.15) is 5.75 Å². The fraction of sp³-hybridized carbons (Fsp3) is 0.133. The number of phenols is 1. The van der Waals surface area contributed by atoms with Crippen molar-refractivity contribution in [1.29, 1.82) is 0 Å². The third-order valence-corrected chi connectivity index (χ3v) is 2.67. The molecule has 19 heavy (non-hydrogen) atoms. The van der Waals surface area contributed by atoms with E-state index in [2.05, 4.69) is 10.6 Å². The van der Waals surface area contributed by atoms with Crippen molar-refractivity contribution in [2.75, 3.05) is 12.4 Å². The van der Waals surface area contributed by atoms with Gasteiger partial charge in [-0.2, -0.15) is 0 Å². The van der Waals surface area contributed by atoms with E-state index in [9.17, 15) is 9.90 Å². The molecular formula is C15H16N2O2. The van der Waals surface area contributed by atoms with Gasteiger partial charge in [0.05, 0.1) is 0 Å². The second-order valence-corrected chi connectivity index (χ2v) is 4.24. The third kappa shape index (κ3) is 3.56. The highest BCUT2D eigenvalue weighted by molar-refractivity contribution is 6.04. The van der Waals surface area contributed by atoms with Gasteiger partial charge in [-0.25, -0.2) is 0 Å². The monoisotopic (exact) mass is 256 g/mol. The molecule has 98 valence electrons. The number of carbonyl (C=O) groups is 1. The average Bonchev–Trinajstić information content (AvgIpc) is 2.39. The second kappa shape index (κ2) is 6.02. The van der Waals surface area contributed by atoms with Crippen LogP contribution < -0.4 is 10.6 Å². The molecular weight excluding hydrogens is 240 g/mol. The minimum atomic E-state index is -0.238. The zero-order valence-electron chi connectivity index (χ0n) is 10.7. The summed E-state index contributed by atoms with van der Waals surface area (Å²) in [5.41, 5.74) is 2.26. The summed E-state index contributed by atoms with van der Waals surface area (Å²) in [6, 6.07) is 13.9. The molecule has 0 unspecified atom stereocenters. The summed E-state index contributed by atoms with van der Waals surface area (Å²) in [5, 5.41) is 15.2. The van der Waals surface area contributed by atoms with Crippen molar-refractivity contribution in [2.24, 2.45) is 0 Å². The van der Waals surface area contributed by atoms with E-state index in [0.717, 1.165) is 17.8 Å². The molecule has 0 fully saturated rings. The van der Waals surface area contributed by atoms with Gasteiger partial charge in [0, 0.05) is 17.8 Å². The predicted molar refractivity (Wildman–Crippen MR) is 75.3 cm³/mol. The Kier molecular flexibility index (Phi) is 4.15. The lowest BCUT2D eigenvalue weighted by molar-refractivity contribution is 0.102. The van der Waals surface area contributed by atoms with E-state index in [-0.39, 0.29) is 11.7 Å². The lowest BCUT2D eigenvalue weighted by atomic mass is 10.1. The Bertz CT molecular complexity index is 582. The normalized spacial score (nSPS) is 10.2. The third-order valence-electron chi connectivity index (χ3n) is 2.67. The van der Waals surface area contributed by atoms with Crippen LogP contribution in [-0.4, -0.2) is 18.1 Å². The maximum Gasteiger partial charge on any atom is 0.255 e. The van der Waals surface area contributed by atoms with Crippen LogP contribution in [0.1, 0.15) is 15.9 Å². The molecule has 0 aliphatic heterocycles. The molecule has 0 aromatic heterocycles. The Morgan fingerprint density at radius 1 is 1.16 bits per heavy atom. The zero-order chi connectivity index (χ0) is 13.7. The number of carbonyl (C=O) groups excluding carboxylic acids is 1.